The molecule has 2 saturated heterocycles. The molecule has 0 aliphatic carbocycles. The Kier molecular flexibility index (Phi) is 5.35. The summed E-state index contributed by atoms with van der Waals surface area (Å²) in [6.45, 7) is 6.09. The summed E-state index contributed by atoms with van der Waals surface area (Å²) >= 11 is 0. The second kappa shape index (κ2) is 8.13. The fourth-order valence-electron chi connectivity index (χ4n) is 4.74. The van der Waals surface area contributed by atoms with E-state index in [9.17, 15) is 0 Å². The molecular weight excluding hydrogens is 378 g/mol. The van der Waals surface area contributed by atoms with Gasteiger partial charge >= 0.3 is 0 Å². The molecule has 5 rings (SSSR count). The first-order valence-electron chi connectivity index (χ1n) is 11.0. The lowest BCUT2D eigenvalue weighted by molar-refractivity contribution is -0.169. The Morgan fingerprint density at radius 3 is 2.43 bits per heavy atom. The molecule has 0 unspecified atom stereocenters. The van der Waals surface area contributed by atoms with Crippen LogP contribution in [-0.4, -0.2) is 67.6 Å². The number of piperidine rings is 1. The molecule has 4 heterocycles. The summed E-state index contributed by atoms with van der Waals surface area (Å²) in [6, 6.07) is 10.7. The third-order valence-electron chi connectivity index (χ3n) is 6.40. The molecular formula is C23H31N5O2. The van der Waals surface area contributed by atoms with Crippen LogP contribution in [0.5, 0.6) is 0 Å². The fraction of sp³-hybridized carbons (Fsp3) is 0.565. The minimum atomic E-state index is -0.361. The van der Waals surface area contributed by atoms with Gasteiger partial charge in [-0.2, -0.15) is 4.98 Å². The molecule has 1 aromatic carbocycles. The maximum Gasteiger partial charge on any atom is 0.227 e. The van der Waals surface area contributed by atoms with Crippen molar-refractivity contribution in [2.45, 2.75) is 38.1 Å². The van der Waals surface area contributed by atoms with Crippen molar-refractivity contribution in [2.75, 3.05) is 56.7 Å². The molecule has 7 nitrogen and oxygen atoms in total. The second-order valence-corrected chi connectivity index (χ2v) is 8.71. The molecule has 3 aliphatic rings. The van der Waals surface area contributed by atoms with Gasteiger partial charge in [-0.05, 0) is 12.0 Å². The number of benzene rings is 1. The van der Waals surface area contributed by atoms with Crippen LogP contribution in [0, 0.1) is 0 Å². The molecule has 0 saturated carbocycles. The Balaban J connectivity index is 1.38. The van der Waals surface area contributed by atoms with Crippen molar-refractivity contribution in [3.63, 3.8) is 0 Å². The standard InChI is InChI=1S/C23H31N5O2/c1-26(2)22-24-20-17-27(16-18-6-4-3-5-7-18)11-8-19(20)21(25-22)28-12-9-23(10-13-28)29-14-15-30-23/h3-7H,8-17H2,1-2H3. The van der Waals surface area contributed by atoms with Gasteiger partial charge in [0.2, 0.25) is 5.95 Å². The lowest BCUT2D eigenvalue weighted by atomic mass is 10.0. The summed E-state index contributed by atoms with van der Waals surface area (Å²) in [5, 5.41) is 0. The number of rotatable bonds is 4. The van der Waals surface area contributed by atoms with Crippen LogP contribution < -0.4 is 9.80 Å². The van der Waals surface area contributed by atoms with Crippen molar-refractivity contribution in [1.82, 2.24) is 14.9 Å². The van der Waals surface area contributed by atoms with Gasteiger partial charge in [-0.25, -0.2) is 4.98 Å². The van der Waals surface area contributed by atoms with Crippen molar-refractivity contribution in [2.24, 2.45) is 0 Å². The highest BCUT2D eigenvalue weighted by atomic mass is 16.7. The van der Waals surface area contributed by atoms with E-state index in [1.165, 1.54) is 16.8 Å². The van der Waals surface area contributed by atoms with Crippen LogP contribution in [0.3, 0.4) is 0 Å². The number of aromatic nitrogens is 2. The third-order valence-corrected chi connectivity index (χ3v) is 6.40. The van der Waals surface area contributed by atoms with Crippen molar-refractivity contribution in [3.05, 3.63) is 47.2 Å². The number of hydrogen-bond acceptors (Lipinski definition) is 7. The van der Waals surface area contributed by atoms with E-state index >= 15 is 0 Å². The van der Waals surface area contributed by atoms with Crippen LogP contribution in [0.25, 0.3) is 0 Å². The average Bonchev–Trinajstić information content (AvgIpc) is 3.22. The third kappa shape index (κ3) is 3.89. The van der Waals surface area contributed by atoms with Gasteiger partial charge in [0.05, 0.1) is 18.9 Å². The van der Waals surface area contributed by atoms with Crippen molar-refractivity contribution in [1.29, 1.82) is 0 Å². The number of hydrogen-bond donors (Lipinski definition) is 0. The van der Waals surface area contributed by atoms with Crippen molar-refractivity contribution in [3.8, 4) is 0 Å². The summed E-state index contributed by atoms with van der Waals surface area (Å²) in [5.74, 6) is 1.54. The Labute approximate surface area is 178 Å². The zero-order valence-corrected chi connectivity index (χ0v) is 18.0. The normalized spacial score (nSPS) is 21.1. The van der Waals surface area contributed by atoms with E-state index in [2.05, 4.69) is 40.1 Å². The fourth-order valence-corrected chi connectivity index (χ4v) is 4.74. The minimum absolute atomic E-state index is 0.361. The highest BCUT2D eigenvalue weighted by Crippen LogP contribution is 2.35. The van der Waals surface area contributed by atoms with E-state index < -0.39 is 0 Å². The first kappa shape index (κ1) is 19.7. The van der Waals surface area contributed by atoms with Crippen LogP contribution in [-0.2, 0) is 29.0 Å². The quantitative estimate of drug-likeness (QED) is 0.769. The van der Waals surface area contributed by atoms with E-state index in [1.807, 2.05) is 19.0 Å². The van der Waals surface area contributed by atoms with Gasteiger partial charge in [-0.15, -0.1) is 0 Å². The van der Waals surface area contributed by atoms with Crippen LogP contribution in [0.4, 0.5) is 11.8 Å². The summed E-state index contributed by atoms with van der Waals surface area (Å²) in [4.78, 5) is 16.8. The van der Waals surface area contributed by atoms with Crippen molar-refractivity contribution < 1.29 is 9.47 Å². The van der Waals surface area contributed by atoms with E-state index in [-0.39, 0.29) is 5.79 Å². The molecule has 2 aromatic rings. The summed E-state index contributed by atoms with van der Waals surface area (Å²) in [7, 11) is 4.03. The average molecular weight is 410 g/mol. The Bertz CT molecular complexity index is 873. The molecule has 1 spiro atoms. The topological polar surface area (TPSA) is 54.0 Å². The molecule has 0 atom stereocenters. The highest BCUT2D eigenvalue weighted by Gasteiger charge is 2.40. The molecule has 160 valence electrons. The number of fused-ring (bicyclic) bond motifs is 1. The molecule has 0 N–H and O–H groups in total. The molecule has 0 amide bonds. The lowest BCUT2D eigenvalue weighted by Gasteiger charge is -2.40. The van der Waals surface area contributed by atoms with Gasteiger partial charge < -0.3 is 19.3 Å². The van der Waals surface area contributed by atoms with Gasteiger partial charge in [0, 0.05) is 65.2 Å². The summed E-state index contributed by atoms with van der Waals surface area (Å²) in [5.41, 5.74) is 3.83. The van der Waals surface area contributed by atoms with Gasteiger partial charge in [-0.1, -0.05) is 30.3 Å². The zero-order chi connectivity index (χ0) is 20.6. The SMILES string of the molecule is CN(C)c1nc2c(c(N3CCC4(CC3)OCCO4)n1)CCN(Cc1ccccc1)C2. The monoisotopic (exact) mass is 409 g/mol. The number of nitrogens with zero attached hydrogens (tertiary/aromatic N) is 5. The van der Waals surface area contributed by atoms with Crippen LogP contribution in [0.15, 0.2) is 30.3 Å². The van der Waals surface area contributed by atoms with E-state index in [0.717, 1.165) is 63.8 Å². The maximum absolute atomic E-state index is 5.91. The predicted molar refractivity (Wildman–Crippen MR) is 117 cm³/mol. The Morgan fingerprint density at radius 1 is 1.00 bits per heavy atom. The molecule has 0 radical (unpaired) electrons. The van der Waals surface area contributed by atoms with Gasteiger partial charge in [0.25, 0.3) is 0 Å². The van der Waals surface area contributed by atoms with E-state index in [1.54, 1.807) is 0 Å². The van der Waals surface area contributed by atoms with Crippen molar-refractivity contribution >= 4 is 11.8 Å². The number of ether oxygens (including phenoxy) is 2. The van der Waals surface area contributed by atoms with Crippen LogP contribution >= 0.6 is 0 Å². The zero-order valence-electron chi connectivity index (χ0n) is 18.0. The molecule has 2 fully saturated rings. The van der Waals surface area contributed by atoms with Gasteiger partial charge in [0.1, 0.15) is 5.82 Å². The number of anilines is 2. The molecule has 0 bridgehead atoms. The molecule has 7 heteroatoms. The highest BCUT2D eigenvalue weighted by molar-refractivity contribution is 5.54. The van der Waals surface area contributed by atoms with Gasteiger partial charge in [-0.3, -0.25) is 4.90 Å². The Morgan fingerprint density at radius 2 is 1.73 bits per heavy atom. The molecule has 1 aromatic heterocycles. The summed E-state index contributed by atoms with van der Waals surface area (Å²) in [6.07, 6.45) is 2.77. The maximum atomic E-state index is 5.91. The second-order valence-electron chi connectivity index (χ2n) is 8.71. The predicted octanol–water partition coefficient (Wildman–Crippen LogP) is 2.44. The van der Waals surface area contributed by atoms with Crippen LogP contribution in [0.1, 0.15) is 29.7 Å². The summed E-state index contributed by atoms with van der Waals surface area (Å²) < 4.78 is 11.8. The minimum Gasteiger partial charge on any atom is -0.356 e. The smallest absolute Gasteiger partial charge is 0.227 e. The van der Waals surface area contributed by atoms with E-state index in [4.69, 9.17) is 19.4 Å². The lowest BCUT2D eigenvalue weighted by Crippen LogP contribution is -2.46. The Hall–Kier alpha value is -2.22. The molecule has 30 heavy (non-hydrogen) atoms. The first-order chi connectivity index (χ1) is 14.6. The van der Waals surface area contributed by atoms with Gasteiger partial charge in [0.15, 0.2) is 5.79 Å². The van der Waals surface area contributed by atoms with E-state index in [0.29, 0.717) is 13.2 Å². The molecule has 3 aliphatic heterocycles. The largest absolute Gasteiger partial charge is 0.356 e. The van der Waals surface area contributed by atoms with Crippen LogP contribution in [0.2, 0.25) is 0 Å². The first-order valence-corrected chi connectivity index (χ1v) is 11.0.